The van der Waals surface area contributed by atoms with E-state index in [1.54, 1.807) is 6.08 Å². The van der Waals surface area contributed by atoms with Crippen LogP contribution in [0.1, 0.15) is 367 Å². The number of phosphoric ester groups is 1. The zero-order chi connectivity index (χ0) is 61.9. The van der Waals surface area contributed by atoms with Gasteiger partial charge in [0.05, 0.1) is 39.9 Å². The van der Waals surface area contributed by atoms with Gasteiger partial charge in [0.15, 0.2) is 0 Å². The molecule has 3 unspecified atom stereocenters. The predicted molar refractivity (Wildman–Crippen MR) is 371 cm³/mol. The van der Waals surface area contributed by atoms with Gasteiger partial charge in [-0.15, -0.1) is 0 Å². The number of rotatable bonds is 69. The summed E-state index contributed by atoms with van der Waals surface area (Å²) in [6, 6.07) is -0.888. The Kier molecular flexibility index (Phi) is 65.2. The SMILES string of the molecule is CC/C=C\C/C=C\C/C=C\C/C=C\CCCCCCCCCCCCCCCCCCCCCCCCC(=O)NC(COP(=O)([O-])OCC[N+](C)(C)C)C(O)/C=C/CCCCCCCCCCCCCCCCCCCCCCCCCCCC. The molecule has 0 aliphatic carbocycles. The van der Waals surface area contributed by atoms with Crippen LogP contribution in [-0.4, -0.2) is 68.5 Å². The summed E-state index contributed by atoms with van der Waals surface area (Å²) in [6.45, 7) is 4.59. The van der Waals surface area contributed by atoms with Crippen LogP contribution >= 0.6 is 7.82 Å². The van der Waals surface area contributed by atoms with Crippen LogP contribution in [0.5, 0.6) is 0 Å². The number of aliphatic hydroxyl groups excluding tert-OH is 1. The van der Waals surface area contributed by atoms with Crippen molar-refractivity contribution in [2.75, 3.05) is 40.9 Å². The molecule has 1 amide bonds. The summed E-state index contributed by atoms with van der Waals surface area (Å²) >= 11 is 0. The van der Waals surface area contributed by atoms with E-state index in [0.717, 1.165) is 64.2 Å². The maximum Gasteiger partial charge on any atom is 0.268 e. The number of allylic oxidation sites excluding steroid dienone is 9. The highest BCUT2D eigenvalue weighted by atomic mass is 31.2. The molecule has 0 aromatic carbocycles. The largest absolute Gasteiger partial charge is 0.756 e. The van der Waals surface area contributed by atoms with E-state index in [0.29, 0.717) is 17.4 Å². The van der Waals surface area contributed by atoms with Gasteiger partial charge in [-0.3, -0.25) is 9.36 Å². The van der Waals surface area contributed by atoms with Gasteiger partial charge in [-0.25, -0.2) is 0 Å². The number of likely N-dealkylation sites (N-methyl/N-ethyl adjacent to an activating group) is 1. The maximum absolute atomic E-state index is 13.1. The van der Waals surface area contributed by atoms with Crippen molar-refractivity contribution in [1.82, 2.24) is 5.32 Å². The van der Waals surface area contributed by atoms with E-state index in [2.05, 4.69) is 67.8 Å². The monoisotopic (exact) mass is 1210 g/mol. The van der Waals surface area contributed by atoms with Crippen LogP contribution in [0.2, 0.25) is 0 Å². The van der Waals surface area contributed by atoms with E-state index >= 15 is 0 Å². The number of nitrogens with zero attached hydrogens (tertiary/aromatic N) is 1. The van der Waals surface area contributed by atoms with Gasteiger partial charge in [0, 0.05) is 6.42 Å². The molecule has 85 heavy (non-hydrogen) atoms. The number of aliphatic hydroxyl groups is 1. The van der Waals surface area contributed by atoms with E-state index in [1.165, 1.54) is 283 Å². The molecule has 8 nitrogen and oxygen atoms in total. The number of unbranched alkanes of at least 4 members (excludes halogenated alkanes) is 48. The van der Waals surface area contributed by atoms with Crippen LogP contribution in [0.4, 0.5) is 0 Å². The van der Waals surface area contributed by atoms with Crippen LogP contribution in [0.15, 0.2) is 60.8 Å². The first-order valence-electron chi connectivity index (χ1n) is 37.2. The normalized spacial score (nSPS) is 13.9. The Balaban J connectivity index is 3.99. The Hall–Kier alpha value is -1.80. The van der Waals surface area contributed by atoms with Crippen LogP contribution in [0.3, 0.4) is 0 Å². The third kappa shape index (κ3) is 69.5. The molecule has 9 heteroatoms. The first-order chi connectivity index (χ1) is 41.5. The van der Waals surface area contributed by atoms with Crippen LogP contribution in [-0.2, 0) is 18.4 Å². The van der Waals surface area contributed by atoms with Crippen molar-refractivity contribution in [2.45, 2.75) is 379 Å². The lowest BCUT2D eigenvalue weighted by Crippen LogP contribution is -2.45. The number of carbonyl (C=O) groups is 1. The molecule has 3 atom stereocenters. The van der Waals surface area contributed by atoms with E-state index in [1.807, 2.05) is 27.2 Å². The van der Waals surface area contributed by atoms with Crippen molar-refractivity contribution in [3.05, 3.63) is 60.8 Å². The van der Waals surface area contributed by atoms with E-state index in [-0.39, 0.29) is 19.1 Å². The van der Waals surface area contributed by atoms with Crippen molar-refractivity contribution < 1.29 is 32.9 Å². The third-order valence-corrected chi connectivity index (χ3v) is 17.9. The number of amides is 1. The van der Waals surface area contributed by atoms with Crippen LogP contribution < -0.4 is 10.2 Å². The average Bonchev–Trinajstić information content (AvgIpc) is 3.48. The fourth-order valence-electron chi connectivity index (χ4n) is 11.3. The molecule has 0 aliphatic heterocycles. The second-order valence-electron chi connectivity index (χ2n) is 26.6. The number of hydrogen-bond donors (Lipinski definition) is 2. The molecule has 0 radical (unpaired) electrons. The highest BCUT2D eigenvalue weighted by molar-refractivity contribution is 7.45. The number of nitrogens with one attached hydrogen (secondary N) is 1. The summed E-state index contributed by atoms with van der Waals surface area (Å²) in [5.74, 6) is -0.190. The lowest BCUT2D eigenvalue weighted by Gasteiger charge is -2.29. The molecular formula is C76H145N2O6P. The van der Waals surface area contributed by atoms with Gasteiger partial charge in [-0.2, -0.15) is 0 Å². The predicted octanol–water partition coefficient (Wildman–Crippen LogP) is 23.3. The summed E-state index contributed by atoms with van der Waals surface area (Å²) in [5.41, 5.74) is 0. The molecule has 0 spiro atoms. The van der Waals surface area contributed by atoms with Gasteiger partial charge in [-0.1, -0.05) is 364 Å². The molecule has 0 aliphatic rings. The molecule has 500 valence electrons. The summed E-state index contributed by atoms with van der Waals surface area (Å²) in [4.78, 5) is 25.7. The second-order valence-corrected chi connectivity index (χ2v) is 28.0. The van der Waals surface area contributed by atoms with Crippen molar-refractivity contribution in [2.24, 2.45) is 0 Å². The minimum atomic E-state index is -4.61. The molecule has 0 saturated heterocycles. The molecule has 2 N–H and O–H groups in total. The topological polar surface area (TPSA) is 108 Å². The average molecular weight is 1210 g/mol. The minimum Gasteiger partial charge on any atom is -0.756 e. The quantitative estimate of drug-likeness (QED) is 0.0272. The van der Waals surface area contributed by atoms with Crippen LogP contribution in [0.25, 0.3) is 0 Å². The van der Waals surface area contributed by atoms with Crippen LogP contribution in [0, 0.1) is 0 Å². The van der Waals surface area contributed by atoms with Crippen molar-refractivity contribution in [1.29, 1.82) is 0 Å². The first-order valence-corrected chi connectivity index (χ1v) is 38.6. The zero-order valence-electron chi connectivity index (χ0n) is 57.3. The standard InChI is InChI=1S/C76H145N2O6P/c1-6-8-10-12-14-16-18-20-22-24-26-28-30-32-34-36-37-38-39-40-41-42-44-46-48-50-52-54-56-58-60-62-64-66-68-70-76(80)77-74(73-84-85(81,82)83-72-71-78(3,4)5)75(79)69-67-65-63-61-59-57-55-53-51-49-47-45-43-35-33-31-29-27-25-23-21-19-17-15-13-11-9-7-2/h8,10,14,16,20,22,26,28,67,69,74-75,79H,6-7,9,11-13,15,17-19,21,23-25,27,29-66,68,70-73H2,1-5H3,(H-,77,80,81,82)/b10-8-,16-14-,22-20-,28-26-,69-67+. The van der Waals surface area contributed by atoms with Gasteiger partial charge in [-0.05, 0) is 57.8 Å². The molecule has 0 heterocycles. The smallest absolute Gasteiger partial charge is 0.268 e. The summed E-state index contributed by atoms with van der Waals surface area (Å²) in [6.07, 6.45) is 92.2. The number of carbonyl (C=O) groups excluding carboxylic acids is 1. The Labute approximate surface area is 530 Å². The van der Waals surface area contributed by atoms with Crippen molar-refractivity contribution in [3.8, 4) is 0 Å². The third-order valence-electron chi connectivity index (χ3n) is 17.0. The first kappa shape index (κ1) is 83.2. The minimum absolute atomic E-state index is 0.000280. The highest BCUT2D eigenvalue weighted by Gasteiger charge is 2.23. The molecule has 0 fully saturated rings. The molecule has 0 bridgehead atoms. The maximum atomic E-state index is 13.1. The lowest BCUT2D eigenvalue weighted by atomic mass is 10.0. The number of quaternary nitrogens is 1. The lowest BCUT2D eigenvalue weighted by molar-refractivity contribution is -0.870. The Morgan fingerprint density at radius 3 is 1.05 bits per heavy atom. The molecule has 0 saturated carbocycles. The fraction of sp³-hybridized carbons (Fsp3) is 0.855. The van der Waals surface area contributed by atoms with Gasteiger partial charge in [0.1, 0.15) is 13.2 Å². The number of hydrogen-bond acceptors (Lipinski definition) is 6. The Bertz CT molecular complexity index is 1570. The van der Waals surface area contributed by atoms with Crippen molar-refractivity contribution >= 4 is 13.7 Å². The molecule has 0 aromatic heterocycles. The summed E-state index contributed by atoms with van der Waals surface area (Å²) < 4.78 is 23.5. The molecular weight excluding hydrogens is 1070 g/mol. The molecule has 0 rings (SSSR count). The van der Waals surface area contributed by atoms with E-state index in [4.69, 9.17) is 9.05 Å². The van der Waals surface area contributed by atoms with Gasteiger partial charge in [0.2, 0.25) is 5.91 Å². The van der Waals surface area contributed by atoms with E-state index < -0.39 is 20.0 Å². The second kappa shape index (κ2) is 66.6. The molecule has 0 aromatic rings. The summed E-state index contributed by atoms with van der Waals surface area (Å²) in [5, 5.41) is 14.0. The Morgan fingerprint density at radius 1 is 0.424 bits per heavy atom. The fourth-order valence-corrected chi connectivity index (χ4v) is 12.0. The Morgan fingerprint density at radius 2 is 0.718 bits per heavy atom. The summed E-state index contributed by atoms with van der Waals surface area (Å²) in [7, 11) is 1.28. The van der Waals surface area contributed by atoms with Crippen molar-refractivity contribution in [3.63, 3.8) is 0 Å². The van der Waals surface area contributed by atoms with E-state index in [9.17, 15) is 19.4 Å². The van der Waals surface area contributed by atoms with Gasteiger partial charge in [0.25, 0.3) is 7.82 Å². The zero-order valence-corrected chi connectivity index (χ0v) is 58.2. The van der Waals surface area contributed by atoms with Gasteiger partial charge < -0.3 is 28.8 Å². The number of phosphoric acid groups is 1. The highest BCUT2D eigenvalue weighted by Crippen LogP contribution is 2.38. The van der Waals surface area contributed by atoms with Gasteiger partial charge >= 0.3 is 0 Å².